The van der Waals surface area contributed by atoms with Gasteiger partial charge in [0.1, 0.15) is 5.76 Å². The average Bonchev–Trinajstić information content (AvgIpc) is 3.15. The summed E-state index contributed by atoms with van der Waals surface area (Å²) in [6.45, 7) is 4.83. The number of ether oxygens (including phenoxy) is 1. The number of anilines is 1. The van der Waals surface area contributed by atoms with Gasteiger partial charge in [0.15, 0.2) is 0 Å². The molecular formula is C19H22N2O3. The SMILES string of the molecule is O=C(C=Cc1ccco1)N(CCN1CCOCC1)c1ccccc1. The van der Waals surface area contributed by atoms with E-state index in [4.69, 9.17) is 9.15 Å². The maximum atomic E-state index is 12.7. The molecule has 0 atom stereocenters. The molecule has 0 N–H and O–H groups in total. The Labute approximate surface area is 142 Å². The third-order valence-electron chi connectivity index (χ3n) is 4.01. The Morgan fingerprint density at radius 1 is 1.12 bits per heavy atom. The van der Waals surface area contributed by atoms with Gasteiger partial charge in [0.2, 0.25) is 0 Å². The minimum atomic E-state index is -0.0501. The van der Waals surface area contributed by atoms with E-state index in [0.29, 0.717) is 12.3 Å². The second-order valence-corrected chi connectivity index (χ2v) is 5.63. The van der Waals surface area contributed by atoms with Crippen LogP contribution in [0.1, 0.15) is 5.76 Å². The molecule has 3 rings (SSSR count). The van der Waals surface area contributed by atoms with Gasteiger partial charge in [0.25, 0.3) is 5.91 Å². The van der Waals surface area contributed by atoms with Crippen LogP contribution in [0, 0.1) is 0 Å². The highest BCUT2D eigenvalue weighted by Crippen LogP contribution is 2.15. The summed E-state index contributed by atoms with van der Waals surface area (Å²) < 4.78 is 10.6. The Morgan fingerprint density at radius 3 is 2.62 bits per heavy atom. The topological polar surface area (TPSA) is 45.9 Å². The summed E-state index contributed by atoms with van der Waals surface area (Å²) in [5, 5.41) is 0. The molecule has 0 saturated carbocycles. The number of nitrogens with zero attached hydrogens (tertiary/aromatic N) is 2. The normalized spacial score (nSPS) is 15.7. The fourth-order valence-electron chi connectivity index (χ4n) is 2.67. The molecular weight excluding hydrogens is 304 g/mol. The van der Waals surface area contributed by atoms with Crippen LogP contribution in [0.5, 0.6) is 0 Å². The summed E-state index contributed by atoms with van der Waals surface area (Å²) in [6.07, 6.45) is 4.86. The molecule has 1 aliphatic rings. The number of carbonyl (C=O) groups is 1. The van der Waals surface area contributed by atoms with Crippen molar-refractivity contribution < 1.29 is 13.9 Å². The maximum Gasteiger partial charge on any atom is 0.251 e. The number of rotatable bonds is 6. The van der Waals surface area contributed by atoms with Gasteiger partial charge in [-0.2, -0.15) is 0 Å². The van der Waals surface area contributed by atoms with E-state index >= 15 is 0 Å². The molecule has 0 bridgehead atoms. The third-order valence-corrected chi connectivity index (χ3v) is 4.01. The van der Waals surface area contributed by atoms with Gasteiger partial charge in [-0.3, -0.25) is 9.69 Å². The monoisotopic (exact) mass is 326 g/mol. The predicted octanol–water partition coefficient (Wildman–Crippen LogP) is 2.66. The van der Waals surface area contributed by atoms with E-state index in [1.165, 1.54) is 0 Å². The Bertz CT molecular complexity index is 647. The molecule has 0 spiro atoms. The standard InChI is InChI=1S/C19H22N2O3/c22-19(9-8-18-7-4-14-24-18)21(17-5-2-1-3-6-17)11-10-20-12-15-23-16-13-20/h1-9,14H,10-13,15-16H2. The fraction of sp³-hybridized carbons (Fsp3) is 0.316. The molecule has 1 fully saturated rings. The lowest BCUT2D eigenvalue weighted by Crippen LogP contribution is -2.42. The van der Waals surface area contributed by atoms with Gasteiger partial charge in [-0.25, -0.2) is 0 Å². The highest BCUT2D eigenvalue weighted by atomic mass is 16.5. The van der Waals surface area contributed by atoms with E-state index in [1.807, 2.05) is 36.4 Å². The molecule has 0 radical (unpaired) electrons. The molecule has 1 aromatic carbocycles. The number of carbonyl (C=O) groups excluding carboxylic acids is 1. The molecule has 1 aliphatic heterocycles. The Morgan fingerprint density at radius 2 is 1.92 bits per heavy atom. The zero-order chi connectivity index (χ0) is 16.6. The first kappa shape index (κ1) is 16.5. The summed E-state index contributed by atoms with van der Waals surface area (Å²) in [5.74, 6) is 0.621. The van der Waals surface area contributed by atoms with E-state index in [9.17, 15) is 4.79 Å². The summed E-state index contributed by atoms with van der Waals surface area (Å²) in [4.78, 5) is 16.8. The summed E-state index contributed by atoms with van der Waals surface area (Å²) in [6, 6.07) is 13.4. The molecule has 126 valence electrons. The highest BCUT2D eigenvalue weighted by molar-refractivity contribution is 6.03. The lowest BCUT2D eigenvalue weighted by Gasteiger charge is -2.29. The van der Waals surface area contributed by atoms with Gasteiger partial charge >= 0.3 is 0 Å². The van der Waals surface area contributed by atoms with Gasteiger partial charge in [-0.05, 0) is 30.3 Å². The number of amides is 1. The zero-order valence-corrected chi connectivity index (χ0v) is 13.6. The fourth-order valence-corrected chi connectivity index (χ4v) is 2.67. The van der Waals surface area contributed by atoms with Crippen LogP contribution in [-0.4, -0.2) is 50.2 Å². The summed E-state index contributed by atoms with van der Waals surface area (Å²) in [5.41, 5.74) is 0.903. The van der Waals surface area contributed by atoms with Crippen molar-refractivity contribution >= 4 is 17.7 Å². The minimum absolute atomic E-state index is 0.0501. The van der Waals surface area contributed by atoms with Gasteiger partial charge in [0.05, 0.1) is 19.5 Å². The van der Waals surface area contributed by atoms with Crippen molar-refractivity contribution in [3.05, 3.63) is 60.6 Å². The Balaban J connectivity index is 1.68. The molecule has 1 amide bonds. The first-order valence-corrected chi connectivity index (χ1v) is 8.21. The van der Waals surface area contributed by atoms with E-state index in [2.05, 4.69) is 4.90 Å². The van der Waals surface area contributed by atoms with Crippen LogP contribution in [-0.2, 0) is 9.53 Å². The summed E-state index contributed by atoms with van der Waals surface area (Å²) >= 11 is 0. The quantitative estimate of drug-likeness (QED) is 0.766. The van der Waals surface area contributed by atoms with Crippen LogP contribution >= 0.6 is 0 Å². The van der Waals surface area contributed by atoms with Crippen molar-refractivity contribution in [3.63, 3.8) is 0 Å². The molecule has 1 aromatic heterocycles. The van der Waals surface area contributed by atoms with E-state index in [0.717, 1.165) is 38.5 Å². The van der Waals surface area contributed by atoms with Crippen molar-refractivity contribution in [1.82, 2.24) is 4.90 Å². The van der Waals surface area contributed by atoms with Crippen molar-refractivity contribution in [3.8, 4) is 0 Å². The van der Waals surface area contributed by atoms with E-state index in [-0.39, 0.29) is 5.91 Å². The number of hydrogen-bond acceptors (Lipinski definition) is 4. The van der Waals surface area contributed by atoms with E-state index < -0.39 is 0 Å². The van der Waals surface area contributed by atoms with Crippen LogP contribution in [0.2, 0.25) is 0 Å². The number of furan rings is 1. The van der Waals surface area contributed by atoms with Crippen LogP contribution in [0.15, 0.2) is 59.2 Å². The van der Waals surface area contributed by atoms with Crippen LogP contribution in [0.3, 0.4) is 0 Å². The molecule has 2 heterocycles. The second kappa shape index (κ2) is 8.47. The lowest BCUT2D eigenvalue weighted by molar-refractivity contribution is -0.114. The molecule has 1 saturated heterocycles. The molecule has 0 unspecified atom stereocenters. The predicted molar refractivity (Wildman–Crippen MR) is 93.8 cm³/mol. The third kappa shape index (κ3) is 4.57. The van der Waals surface area contributed by atoms with Crippen molar-refractivity contribution in [2.75, 3.05) is 44.3 Å². The van der Waals surface area contributed by atoms with Gasteiger partial charge < -0.3 is 14.1 Å². The lowest BCUT2D eigenvalue weighted by atomic mass is 10.2. The van der Waals surface area contributed by atoms with Crippen LogP contribution < -0.4 is 4.90 Å². The molecule has 2 aromatic rings. The van der Waals surface area contributed by atoms with Gasteiger partial charge in [0, 0.05) is 37.9 Å². The molecule has 0 aliphatic carbocycles. The maximum absolute atomic E-state index is 12.7. The highest BCUT2D eigenvalue weighted by Gasteiger charge is 2.16. The Kier molecular flexibility index (Phi) is 5.82. The number of morpholine rings is 1. The molecule has 5 nitrogen and oxygen atoms in total. The smallest absolute Gasteiger partial charge is 0.251 e. The van der Waals surface area contributed by atoms with Crippen molar-refractivity contribution in [2.24, 2.45) is 0 Å². The van der Waals surface area contributed by atoms with Crippen molar-refractivity contribution in [1.29, 1.82) is 0 Å². The first-order chi connectivity index (χ1) is 11.8. The first-order valence-electron chi connectivity index (χ1n) is 8.21. The number of hydrogen-bond donors (Lipinski definition) is 0. The summed E-state index contributed by atoms with van der Waals surface area (Å²) in [7, 11) is 0. The molecule has 5 heteroatoms. The largest absolute Gasteiger partial charge is 0.465 e. The number of benzene rings is 1. The van der Waals surface area contributed by atoms with Gasteiger partial charge in [-0.15, -0.1) is 0 Å². The second-order valence-electron chi connectivity index (χ2n) is 5.63. The minimum Gasteiger partial charge on any atom is -0.465 e. The van der Waals surface area contributed by atoms with Crippen molar-refractivity contribution in [2.45, 2.75) is 0 Å². The molecule has 24 heavy (non-hydrogen) atoms. The average molecular weight is 326 g/mol. The zero-order valence-electron chi connectivity index (χ0n) is 13.6. The van der Waals surface area contributed by atoms with Gasteiger partial charge in [-0.1, -0.05) is 18.2 Å². The number of para-hydroxylation sites is 1. The Hall–Kier alpha value is -2.37. The van der Waals surface area contributed by atoms with Crippen LogP contribution in [0.25, 0.3) is 6.08 Å². The van der Waals surface area contributed by atoms with E-state index in [1.54, 1.807) is 29.4 Å². The van der Waals surface area contributed by atoms with Crippen LogP contribution in [0.4, 0.5) is 5.69 Å².